The van der Waals surface area contributed by atoms with Crippen molar-refractivity contribution < 1.29 is 4.79 Å². The molecular formula is C12H24N2O. The van der Waals surface area contributed by atoms with E-state index in [2.05, 4.69) is 37.9 Å². The summed E-state index contributed by atoms with van der Waals surface area (Å²) in [5.74, 6) is 0.748. The van der Waals surface area contributed by atoms with E-state index >= 15 is 0 Å². The second-order valence-electron chi connectivity index (χ2n) is 5.13. The van der Waals surface area contributed by atoms with E-state index in [1.165, 1.54) is 0 Å². The van der Waals surface area contributed by atoms with E-state index in [9.17, 15) is 4.79 Å². The number of nitrogens with zero attached hydrogens (tertiary/aromatic N) is 1. The lowest BCUT2D eigenvalue weighted by Crippen LogP contribution is -2.46. The van der Waals surface area contributed by atoms with Crippen LogP contribution in [0.3, 0.4) is 0 Å². The van der Waals surface area contributed by atoms with Gasteiger partial charge in [-0.3, -0.25) is 9.69 Å². The molecule has 1 aliphatic heterocycles. The lowest BCUT2D eigenvalue weighted by Gasteiger charge is -2.27. The largest absolute Gasteiger partial charge is 0.354 e. The Hall–Kier alpha value is -0.570. The molecule has 1 N–H and O–H groups in total. The Kier molecular flexibility index (Phi) is 4.58. The van der Waals surface area contributed by atoms with Gasteiger partial charge in [-0.25, -0.2) is 0 Å². The van der Waals surface area contributed by atoms with E-state index in [0.29, 0.717) is 12.0 Å². The predicted molar refractivity (Wildman–Crippen MR) is 62.7 cm³/mol. The molecule has 0 bridgehead atoms. The van der Waals surface area contributed by atoms with E-state index in [-0.39, 0.29) is 11.9 Å². The molecule has 1 rings (SSSR count). The molecule has 0 saturated carbocycles. The topological polar surface area (TPSA) is 32.3 Å². The van der Waals surface area contributed by atoms with Crippen molar-refractivity contribution >= 4 is 5.91 Å². The van der Waals surface area contributed by atoms with Gasteiger partial charge >= 0.3 is 0 Å². The monoisotopic (exact) mass is 212 g/mol. The molecule has 0 aliphatic carbocycles. The lowest BCUT2D eigenvalue weighted by molar-refractivity contribution is -0.126. The number of rotatable bonds is 4. The Morgan fingerprint density at radius 3 is 2.60 bits per heavy atom. The Morgan fingerprint density at radius 2 is 2.07 bits per heavy atom. The number of carbonyl (C=O) groups excluding carboxylic acids is 1. The minimum atomic E-state index is 0.115. The quantitative estimate of drug-likeness (QED) is 0.768. The number of amides is 1. The molecule has 1 saturated heterocycles. The SMILES string of the molecule is CC(C)CNC(=O)C1CCCN1C(C)C. The normalized spacial score (nSPS) is 22.7. The molecule has 1 amide bonds. The Labute approximate surface area is 93.2 Å². The van der Waals surface area contributed by atoms with Crippen LogP contribution in [0.15, 0.2) is 0 Å². The van der Waals surface area contributed by atoms with Crippen LogP contribution in [-0.4, -0.2) is 36.0 Å². The van der Waals surface area contributed by atoms with Crippen LogP contribution in [0.2, 0.25) is 0 Å². The highest BCUT2D eigenvalue weighted by atomic mass is 16.2. The maximum Gasteiger partial charge on any atom is 0.237 e. The average Bonchev–Trinajstić information content (AvgIpc) is 2.62. The van der Waals surface area contributed by atoms with Gasteiger partial charge in [0.25, 0.3) is 0 Å². The number of nitrogens with one attached hydrogen (secondary N) is 1. The van der Waals surface area contributed by atoms with E-state index in [1.54, 1.807) is 0 Å². The third-order valence-electron chi connectivity index (χ3n) is 2.94. The smallest absolute Gasteiger partial charge is 0.237 e. The first-order chi connectivity index (χ1) is 7.02. The minimum absolute atomic E-state index is 0.115. The van der Waals surface area contributed by atoms with E-state index in [0.717, 1.165) is 25.9 Å². The fourth-order valence-electron chi connectivity index (χ4n) is 2.11. The maximum absolute atomic E-state index is 11.9. The molecule has 1 unspecified atom stereocenters. The molecule has 15 heavy (non-hydrogen) atoms. The van der Waals surface area contributed by atoms with E-state index in [1.807, 2.05) is 0 Å². The molecule has 3 nitrogen and oxygen atoms in total. The highest BCUT2D eigenvalue weighted by Crippen LogP contribution is 2.19. The predicted octanol–water partition coefficient (Wildman–Crippen LogP) is 1.63. The summed E-state index contributed by atoms with van der Waals surface area (Å²) >= 11 is 0. The molecule has 88 valence electrons. The van der Waals surface area contributed by atoms with Gasteiger partial charge in [0.1, 0.15) is 0 Å². The number of carbonyl (C=O) groups is 1. The number of likely N-dealkylation sites (tertiary alicyclic amines) is 1. The Bertz CT molecular complexity index is 214. The van der Waals surface area contributed by atoms with Gasteiger partial charge in [0.2, 0.25) is 5.91 Å². The van der Waals surface area contributed by atoms with Crippen LogP contribution < -0.4 is 5.32 Å². The van der Waals surface area contributed by atoms with Gasteiger partial charge < -0.3 is 5.32 Å². The van der Waals surface area contributed by atoms with Crippen LogP contribution in [0.5, 0.6) is 0 Å². The van der Waals surface area contributed by atoms with Gasteiger partial charge in [-0.15, -0.1) is 0 Å². The third kappa shape index (κ3) is 3.49. The van der Waals surface area contributed by atoms with E-state index < -0.39 is 0 Å². The minimum Gasteiger partial charge on any atom is -0.354 e. The molecule has 0 aromatic heterocycles. The summed E-state index contributed by atoms with van der Waals surface area (Å²) < 4.78 is 0. The summed E-state index contributed by atoms with van der Waals surface area (Å²) in [4.78, 5) is 14.2. The molecule has 3 heteroatoms. The zero-order chi connectivity index (χ0) is 11.4. The summed E-state index contributed by atoms with van der Waals surface area (Å²) in [6.45, 7) is 10.4. The van der Waals surface area contributed by atoms with Crippen LogP contribution in [0, 0.1) is 5.92 Å². The van der Waals surface area contributed by atoms with Crippen LogP contribution in [0.1, 0.15) is 40.5 Å². The summed E-state index contributed by atoms with van der Waals surface area (Å²) in [5, 5.41) is 3.03. The molecule has 1 atom stereocenters. The first kappa shape index (κ1) is 12.5. The van der Waals surface area contributed by atoms with Crippen molar-refractivity contribution in [3.63, 3.8) is 0 Å². The zero-order valence-corrected chi connectivity index (χ0v) is 10.4. The Balaban J connectivity index is 2.44. The Morgan fingerprint density at radius 1 is 1.40 bits per heavy atom. The van der Waals surface area contributed by atoms with Crippen molar-refractivity contribution in [2.45, 2.75) is 52.6 Å². The summed E-state index contributed by atoms with van der Waals surface area (Å²) in [7, 11) is 0. The van der Waals surface area contributed by atoms with Crippen molar-refractivity contribution in [2.75, 3.05) is 13.1 Å². The van der Waals surface area contributed by atoms with Gasteiger partial charge in [0.05, 0.1) is 6.04 Å². The molecule has 0 radical (unpaired) electrons. The van der Waals surface area contributed by atoms with Gasteiger partial charge in [-0.1, -0.05) is 13.8 Å². The highest BCUT2D eigenvalue weighted by molar-refractivity contribution is 5.82. The highest BCUT2D eigenvalue weighted by Gasteiger charge is 2.31. The maximum atomic E-state index is 11.9. The van der Waals surface area contributed by atoms with Crippen LogP contribution in [0.4, 0.5) is 0 Å². The standard InChI is InChI=1S/C12H24N2O/c1-9(2)8-13-12(15)11-6-5-7-14(11)10(3)4/h9-11H,5-8H2,1-4H3,(H,13,15). The van der Waals surface area contributed by atoms with Crippen molar-refractivity contribution in [3.8, 4) is 0 Å². The fourth-order valence-corrected chi connectivity index (χ4v) is 2.11. The first-order valence-electron chi connectivity index (χ1n) is 6.05. The van der Waals surface area contributed by atoms with Crippen molar-refractivity contribution in [2.24, 2.45) is 5.92 Å². The second kappa shape index (κ2) is 5.50. The summed E-state index contributed by atoms with van der Waals surface area (Å²) in [6.07, 6.45) is 2.17. The van der Waals surface area contributed by atoms with Gasteiger partial charge in [-0.05, 0) is 39.2 Å². The number of hydrogen-bond acceptors (Lipinski definition) is 2. The van der Waals surface area contributed by atoms with Crippen LogP contribution in [0.25, 0.3) is 0 Å². The van der Waals surface area contributed by atoms with Crippen molar-refractivity contribution in [3.05, 3.63) is 0 Å². The average molecular weight is 212 g/mol. The molecular weight excluding hydrogens is 188 g/mol. The van der Waals surface area contributed by atoms with Gasteiger partial charge in [-0.2, -0.15) is 0 Å². The van der Waals surface area contributed by atoms with Gasteiger partial charge in [0.15, 0.2) is 0 Å². The molecule has 1 fully saturated rings. The lowest BCUT2D eigenvalue weighted by atomic mass is 10.1. The number of hydrogen-bond donors (Lipinski definition) is 1. The second-order valence-corrected chi connectivity index (χ2v) is 5.13. The summed E-state index contributed by atoms with van der Waals surface area (Å²) in [6, 6.07) is 0.589. The van der Waals surface area contributed by atoms with Crippen LogP contribution >= 0.6 is 0 Å². The van der Waals surface area contributed by atoms with Gasteiger partial charge in [0, 0.05) is 12.6 Å². The summed E-state index contributed by atoms with van der Waals surface area (Å²) in [5.41, 5.74) is 0. The molecule has 0 aromatic rings. The third-order valence-corrected chi connectivity index (χ3v) is 2.94. The molecule has 0 aromatic carbocycles. The van der Waals surface area contributed by atoms with Crippen LogP contribution in [-0.2, 0) is 4.79 Å². The molecule has 1 heterocycles. The van der Waals surface area contributed by atoms with Crippen molar-refractivity contribution in [1.29, 1.82) is 0 Å². The molecule has 1 aliphatic rings. The zero-order valence-electron chi connectivity index (χ0n) is 10.4. The van der Waals surface area contributed by atoms with Crippen molar-refractivity contribution in [1.82, 2.24) is 10.2 Å². The molecule has 0 spiro atoms. The van der Waals surface area contributed by atoms with E-state index in [4.69, 9.17) is 0 Å². The fraction of sp³-hybridized carbons (Fsp3) is 0.917. The first-order valence-corrected chi connectivity index (χ1v) is 6.05.